The van der Waals surface area contributed by atoms with Crippen molar-refractivity contribution in [3.05, 3.63) is 85.9 Å². The van der Waals surface area contributed by atoms with Crippen LogP contribution >= 0.6 is 11.6 Å². The third kappa shape index (κ3) is 4.29. The Morgan fingerprint density at radius 2 is 1.94 bits per heavy atom. The lowest BCUT2D eigenvalue weighted by molar-refractivity contribution is -0.136. The number of aromatic nitrogens is 2. The topological polar surface area (TPSA) is 129 Å². The van der Waals surface area contributed by atoms with Gasteiger partial charge < -0.3 is 25.3 Å². The summed E-state index contributed by atoms with van der Waals surface area (Å²) < 4.78 is 16.6. The Labute approximate surface area is 200 Å². The van der Waals surface area contributed by atoms with Crippen molar-refractivity contribution >= 4 is 29.2 Å². The zero-order chi connectivity index (χ0) is 24.4. The average molecular weight is 483 g/mol. The molecule has 0 spiro atoms. The fourth-order valence-corrected chi connectivity index (χ4v) is 4.15. The maximum Gasteiger partial charge on any atom is 0.348 e. The van der Waals surface area contributed by atoms with Crippen LogP contribution in [0.25, 0.3) is 0 Å². The Balaban J connectivity index is 1.78. The number of nitrogen functional groups attached to an aromatic ring is 1. The molecule has 1 atom stereocenters. The molecule has 2 heterocycles. The molecule has 176 valence electrons. The van der Waals surface area contributed by atoms with Gasteiger partial charge in [-0.3, -0.25) is 4.98 Å². The number of carbonyl (C=O) groups excluding carboxylic acids is 1. The number of ether oxygens (including phenoxy) is 3. The predicted molar refractivity (Wildman–Crippen MR) is 128 cm³/mol. The van der Waals surface area contributed by atoms with Gasteiger partial charge in [-0.2, -0.15) is 4.98 Å². The number of hydrogen-bond donors (Lipinski definition) is 3. The summed E-state index contributed by atoms with van der Waals surface area (Å²) in [6, 6.07) is 12.7. The van der Waals surface area contributed by atoms with Gasteiger partial charge in [-0.25, -0.2) is 9.59 Å². The molecule has 0 radical (unpaired) electrons. The number of aromatic amines is 1. The van der Waals surface area contributed by atoms with Gasteiger partial charge in [-0.1, -0.05) is 35.9 Å². The first-order valence-corrected chi connectivity index (χ1v) is 10.7. The van der Waals surface area contributed by atoms with Gasteiger partial charge in [0.05, 0.1) is 25.7 Å². The summed E-state index contributed by atoms with van der Waals surface area (Å²) in [5.41, 5.74) is 8.36. The molecule has 1 aliphatic heterocycles. The van der Waals surface area contributed by atoms with Crippen LogP contribution in [-0.4, -0.2) is 30.2 Å². The Hall–Kier alpha value is -3.98. The number of benzene rings is 2. The number of allylic oxidation sites excluding steroid dienone is 1. The van der Waals surface area contributed by atoms with Crippen molar-refractivity contribution in [1.29, 1.82) is 0 Å². The highest BCUT2D eigenvalue weighted by Gasteiger charge is 2.36. The number of nitrogens with two attached hydrogens (primary N) is 1. The second kappa shape index (κ2) is 9.48. The van der Waals surface area contributed by atoms with Gasteiger partial charge in [0.1, 0.15) is 18.2 Å². The molecule has 34 heavy (non-hydrogen) atoms. The second-order valence-electron chi connectivity index (χ2n) is 7.60. The Morgan fingerprint density at radius 1 is 1.18 bits per heavy atom. The van der Waals surface area contributed by atoms with Crippen LogP contribution in [0.1, 0.15) is 29.5 Å². The smallest absolute Gasteiger partial charge is 0.348 e. The van der Waals surface area contributed by atoms with Gasteiger partial charge in [0.25, 0.3) is 0 Å². The van der Waals surface area contributed by atoms with Crippen LogP contribution in [0.15, 0.2) is 58.5 Å². The van der Waals surface area contributed by atoms with Crippen LogP contribution in [0.3, 0.4) is 0 Å². The summed E-state index contributed by atoms with van der Waals surface area (Å²) in [6.07, 6.45) is 0. The standard InChI is InChI=1S/C24H23ClN4O5/c1-12-18(23(30)33-3)19(20-21(26)28-24(31)29-22(20)27-12)13-8-9-16(17(10-13)32-2)34-11-14-6-4-5-7-15(14)25/h4-10,19H,11H2,1-3H3,(H4,26,27,28,29,31). The third-order valence-corrected chi connectivity index (χ3v) is 5.92. The molecule has 0 amide bonds. The van der Waals surface area contributed by atoms with Gasteiger partial charge in [-0.05, 0) is 30.7 Å². The van der Waals surface area contributed by atoms with Crippen molar-refractivity contribution in [3.63, 3.8) is 0 Å². The predicted octanol–water partition coefficient (Wildman–Crippen LogP) is 3.60. The van der Waals surface area contributed by atoms with Crippen LogP contribution < -0.4 is 26.2 Å². The molecule has 4 N–H and O–H groups in total. The van der Waals surface area contributed by atoms with Gasteiger partial charge in [0, 0.05) is 21.8 Å². The highest BCUT2D eigenvalue weighted by Crippen LogP contribution is 2.45. The van der Waals surface area contributed by atoms with Crippen LogP contribution in [0, 0.1) is 0 Å². The number of hydrogen-bond acceptors (Lipinski definition) is 8. The summed E-state index contributed by atoms with van der Waals surface area (Å²) in [4.78, 5) is 31.1. The van der Waals surface area contributed by atoms with Gasteiger partial charge in [0.2, 0.25) is 0 Å². The second-order valence-corrected chi connectivity index (χ2v) is 8.00. The van der Waals surface area contributed by atoms with Gasteiger partial charge in [0.15, 0.2) is 11.5 Å². The molecule has 0 saturated carbocycles. The maximum atomic E-state index is 12.7. The SMILES string of the molecule is COC(=O)C1=C(C)Nc2nc(=O)[nH]c(N)c2C1c1ccc(OCc2ccccc2Cl)c(OC)c1. The van der Waals surface area contributed by atoms with Crippen molar-refractivity contribution in [2.24, 2.45) is 0 Å². The summed E-state index contributed by atoms with van der Waals surface area (Å²) in [5, 5.41) is 3.59. The first-order chi connectivity index (χ1) is 16.3. The van der Waals surface area contributed by atoms with Crippen LogP contribution in [0.2, 0.25) is 5.02 Å². The number of methoxy groups -OCH3 is 2. The van der Waals surface area contributed by atoms with E-state index in [1.54, 1.807) is 31.2 Å². The highest BCUT2D eigenvalue weighted by molar-refractivity contribution is 6.31. The lowest BCUT2D eigenvalue weighted by atomic mass is 9.82. The van der Waals surface area contributed by atoms with E-state index in [1.165, 1.54) is 14.2 Å². The molecule has 3 aromatic rings. The molecule has 2 aromatic carbocycles. The molecular formula is C24H23ClN4O5. The van der Waals surface area contributed by atoms with E-state index in [0.29, 0.717) is 38.9 Å². The molecule has 0 fully saturated rings. The van der Waals surface area contributed by atoms with Crippen LogP contribution in [0.4, 0.5) is 11.6 Å². The van der Waals surface area contributed by atoms with Crippen molar-refractivity contribution < 1.29 is 19.0 Å². The minimum atomic E-state index is -0.667. The first-order valence-electron chi connectivity index (χ1n) is 10.3. The van der Waals surface area contributed by atoms with E-state index in [4.69, 9.17) is 31.5 Å². The quantitative estimate of drug-likeness (QED) is 0.454. The minimum Gasteiger partial charge on any atom is -0.493 e. The van der Waals surface area contributed by atoms with E-state index in [9.17, 15) is 9.59 Å². The van der Waals surface area contributed by atoms with E-state index >= 15 is 0 Å². The molecule has 1 unspecified atom stereocenters. The number of nitrogens with one attached hydrogen (secondary N) is 2. The van der Waals surface area contributed by atoms with E-state index in [-0.39, 0.29) is 18.2 Å². The number of carbonyl (C=O) groups is 1. The van der Waals surface area contributed by atoms with Gasteiger partial charge in [-0.15, -0.1) is 0 Å². The van der Waals surface area contributed by atoms with Crippen molar-refractivity contribution in [1.82, 2.24) is 9.97 Å². The Bertz CT molecular complexity index is 1350. The van der Waals surface area contributed by atoms with Crippen LogP contribution in [0.5, 0.6) is 11.5 Å². The molecule has 0 bridgehead atoms. The van der Waals surface area contributed by atoms with E-state index in [1.807, 2.05) is 18.2 Å². The lowest BCUT2D eigenvalue weighted by Crippen LogP contribution is -2.28. The summed E-state index contributed by atoms with van der Waals surface area (Å²) >= 11 is 6.23. The number of rotatable bonds is 6. The highest BCUT2D eigenvalue weighted by atomic mass is 35.5. The maximum absolute atomic E-state index is 12.7. The molecule has 1 aromatic heterocycles. The number of anilines is 2. The monoisotopic (exact) mass is 482 g/mol. The number of nitrogens with zero attached hydrogens (tertiary/aromatic N) is 1. The number of fused-ring (bicyclic) bond motifs is 1. The average Bonchev–Trinajstić information content (AvgIpc) is 2.82. The molecule has 0 aliphatic carbocycles. The van der Waals surface area contributed by atoms with Crippen molar-refractivity contribution in [3.8, 4) is 11.5 Å². The Morgan fingerprint density at radius 3 is 2.65 bits per heavy atom. The van der Waals surface area contributed by atoms with Crippen molar-refractivity contribution in [2.75, 3.05) is 25.3 Å². The van der Waals surface area contributed by atoms with E-state index in [2.05, 4.69) is 15.3 Å². The zero-order valence-electron chi connectivity index (χ0n) is 18.8. The van der Waals surface area contributed by atoms with E-state index < -0.39 is 17.6 Å². The molecule has 9 nitrogen and oxygen atoms in total. The largest absolute Gasteiger partial charge is 0.493 e. The van der Waals surface area contributed by atoms with E-state index in [0.717, 1.165) is 5.56 Å². The fourth-order valence-electron chi connectivity index (χ4n) is 3.96. The normalized spacial score (nSPS) is 14.8. The van der Waals surface area contributed by atoms with Crippen molar-refractivity contribution in [2.45, 2.75) is 19.4 Å². The first kappa shape index (κ1) is 23.2. The Kier molecular flexibility index (Phi) is 6.47. The number of H-pyrrole nitrogens is 1. The third-order valence-electron chi connectivity index (χ3n) is 5.55. The van der Waals surface area contributed by atoms with Crippen LogP contribution in [-0.2, 0) is 16.1 Å². The molecule has 1 aliphatic rings. The summed E-state index contributed by atoms with van der Waals surface area (Å²) in [6.45, 7) is 1.95. The number of esters is 1. The molecule has 10 heteroatoms. The lowest BCUT2D eigenvalue weighted by Gasteiger charge is -2.30. The van der Waals surface area contributed by atoms with Gasteiger partial charge >= 0.3 is 11.7 Å². The summed E-state index contributed by atoms with van der Waals surface area (Å²) in [7, 11) is 2.82. The minimum absolute atomic E-state index is 0.0967. The summed E-state index contributed by atoms with van der Waals surface area (Å²) in [5.74, 6) is 0.105. The fraction of sp³-hybridized carbons (Fsp3) is 0.208. The molecule has 0 saturated heterocycles. The molecular weight excluding hydrogens is 460 g/mol. The zero-order valence-corrected chi connectivity index (χ0v) is 19.5. The number of halogens is 1. The molecule has 4 rings (SSSR count).